The second kappa shape index (κ2) is 6.40. The fraction of sp³-hybridized carbons (Fsp3) is 0.800. The van der Waals surface area contributed by atoms with E-state index in [0.717, 1.165) is 0 Å². The van der Waals surface area contributed by atoms with Gasteiger partial charge in [0.1, 0.15) is 0 Å². The lowest BCUT2D eigenvalue weighted by molar-refractivity contribution is -0.144. The Bertz CT molecular complexity index is 225. The molecule has 5 heteroatoms. The van der Waals surface area contributed by atoms with Crippen LogP contribution in [0.4, 0.5) is 0 Å². The molecule has 0 aromatic carbocycles. The first-order valence-corrected chi connectivity index (χ1v) is 4.99. The molecule has 15 heavy (non-hydrogen) atoms. The van der Waals surface area contributed by atoms with E-state index in [-0.39, 0.29) is 24.5 Å². The van der Waals surface area contributed by atoms with E-state index >= 15 is 0 Å². The summed E-state index contributed by atoms with van der Waals surface area (Å²) in [6.45, 7) is 7.02. The van der Waals surface area contributed by atoms with E-state index in [2.05, 4.69) is 5.32 Å². The first kappa shape index (κ1) is 13.9. The summed E-state index contributed by atoms with van der Waals surface area (Å²) in [5.41, 5.74) is 0. The third-order valence-corrected chi connectivity index (χ3v) is 1.74. The van der Waals surface area contributed by atoms with Crippen LogP contribution in [0.25, 0.3) is 0 Å². The predicted octanol–water partition coefficient (Wildman–Crippen LogP) is 0.637. The first-order valence-electron chi connectivity index (χ1n) is 4.99. The number of hydrogen-bond acceptors (Lipinski definition) is 3. The van der Waals surface area contributed by atoms with Gasteiger partial charge in [0, 0.05) is 5.92 Å². The molecule has 0 radical (unpaired) electrons. The second-order valence-corrected chi connectivity index (χ2v) is 3.94. The van der Waals surface area contributed by atoms with Crippen molar-refractivity contribution in [1.29, 1.82) is 0 Å². The topological polar surface area (TPSA) is 75.6 Å². The van der Waals surface area contributed by atoms with Crippen LogP contribution in [-0.2, 0) is 14.3 Å². The molecule has 88 valence electrons. The van der Waals surface area contributed by atoms with E-state index in [9.17, 15) is 9.59 Å². The minimum atomic E-state index is -1.08. The van der Waals surface area contributed by atoms with Gasteiger partial charge >= 0.3 is 5.97 Å². The first-order chi connectivity index (χ1) is 6.84. The van der Waals surface area contributed by atoms with Crippen LogP contribution in [0, 0.1) is 5.92 Å². The van der Waals surface area contributed by atoms with E-state index in [1.807, 2.05) is 13.8 Å². The third-order valence-electron chi connectivity index (χ3n) is 1.74. The van der Waals surface area contributed by atoms with Gasteiger partial charge in [-0.3, -0.25) is 4.79 Å². The number of aliphatic carboxylic acids is 1. The molecule has 5 nitrogen and oxygen atoms in total. The Balaban J connectivity index is 4.17. The largest absolute Gasteiger partial charge is 0.480 e. The van der Waals surface area contributed by atoms with Gasteiger partial charge in [-0.15, -0.1) is 0 Å². The smallest absolute Gasteiger partial charge is 0.328 e. The molecular formula is C10H19NO4. The van der Waals surface area contributed by atoms with Crippen molar-refractivity contribution < 1.29 is 19.4 Å². The normalized spacial score (nSPS) is 12.9. The molecule has 0 aromatic rings. The maximum Gasteiger partial charge on any atom is 0.328 e. The number of carbonyl (C=O) groups is 2. The zero-order valence-electron chi connectivity index (χ0n) is 9.61. The van der Waals surface area contributed by atoms with Gasteiger partial charge in [-0.1, -0.05) is 13.8 Å². The Morgan fingerprint density at radius 3 is 2.13 bits per heavy atom. The van der Waals surface area contributed by atoms with Gasteiger partial charge in [0.15, 0.2) is 6.04 Å². The molecule has 2 N–H and O–H groups in total. The number of carboxylic acid groups (broad SMARTS) is 1. The summed E-state index contributed by atoms with van der Waals surface area (Å²) in [5.74, 6) is -1.59. The number of rotatable bonds is 6. The van der Waals surface area contributed by atoms with Crippen LogP contribution < -0.4 is 5.32 Å². The summed E-state index contributed by atoms with van der Waals surface area (Å²) >= 11 is 0. The van der Waals surface area contributed by atoms with E-state index in [1.54, 1.807) is 13.8 Å². The summed E-state index contributed by atoms with van der Waals surface area (Å²) in [6, 6.07) is -0.970. The van der Waals surface area contributed by atoms with Crippen LogP contribution in [0.15, 0.2) is 0 Å². The lowest BCUT2D eigenvalue weighted by Gasteiger charge is -2.17. The maximum atomic E-state index is 11.3. The van der Waals surface area contributed by atoms with Crippen molar-refractivity contribution in [2.75, 3.05) is 6.61 Å². The van der Waals surface area contributed by atoms with Crippen LogP contribution in [0.5, 0.6) is 0 Å². The van der Waals surface area contributed by atoms with E-state index in [0.29, 0.717) is 0 Å². The molecule has 0 saturated carbocycles. The van der Waals surface area contributed by atoms with Crippen LogP contribution in [0.2, 0.25) is 0 Å². The summed E-state index contributed by atoms with van der Waals surface area (Å²) in [4.78, 5) is 22.0. The van der Waals surface area contributed by atoms with Crippen molar-refractivity contribution in [3.8, 4) is 0 Å². The zero-order valence-corrected chi connectivity index (χ0v) is 9.61. The molecule has 0 aliphatic rings. The average molecular weight is 217 g/mol. The number of nitrogens with one attached hydrogen (secondary N) is 1. The monoisotopic (exact) mass is 217 g/mol. The van der Waals surface area contributed by atoms with Gasteiger partial charge in [-0.2, -0.15) is 0 Å². The second-order valence-electron chi connectivity index (χ2n) is 3.94. The molecule has 0 fully saturated rings. The van der Waals surface area contributed by atoms with Crippen molar-refractivity contribution in [3.05, 3.63) is 0 Å². The molecule has 0 aromatic heterocycles. The quantitative estimate of drug-likeness (QED) is 0.684. The van der Waals surface area contributed by atoms with Crippen molar-refractivity contribution in [2.24, 2.45) is 5.92 Å². The molecular weight excluding hydrogens is 198 g/mol. The van der Waals surface area contributed by atoms with E-state index < -0.39 is 12.0 Å². The van der Waals surface area contributed by atoms with E-state index in [4.69, 9.17) is 9.84 Å². The lowest BCUT2D eigenvalue weighted by Crippen LogP contribution is -2.45. The standard InChI is InChI=1S/C10H19NO4/c1-6(2)9(12)11-8(10(13)14)5-15-7(3)4/h6-8H,5H2,1-4H3,(H,11,12)(H,13,14)/t8-/m0/s1. The number of ether oxygens (including phenoxy) is 1. The van der Waals surface area contributed by atoms with Crippen molar-refractivity contribution in [2.45, 2.75) is 39.8 Å². The fourth-order valence-electron chi connectivity index (χ4n) is 0.802. The van der Waals surface area contributed by atoms with E-state index in [1.165, 1.54) is 0 Å². The molecule has 0 unspecified atom stereocenters. The molecule has 0 spiro atoms. The highest BCUT2D eigenvalue weighted by atomic mass is 16.5. The van der Waals surface area contributed by atoms with Crippen LogP contribution in [0.3, 0.4) is 0 Å². The molecule has 1 atom stereocenters. The summed E-state index contributed by atoms with van der Waals surface area (Å²) < 4.78 is 5.15. The Morgan fingerprint density at radius 2 is 1.80 bits per heavy atom. The molecule has 0 heterocycles. The van der Waals surface area contributed by atoms with Crippen LogP contribution in [-0.4, -0.2) is 35.7 Å². The third kappa shape index (κ3) is 6.06. The summed E-state index contributed by atoms with van der Waals surface area (Å²) in [7, 11) is 0. The van der Waals surface area contributed by atoms with Crippen molar-refractivity contribution in [3.63, 3.8) is 0 Å². The SMILES string of the molecule is CC(C)OC[C@H](NC(=O)C(C)C)C(=O)O. The van der Waals surface area contributed by atoms with Gasteiger partial charge in [0.25, 0.3) is 0 Å². The number of carboxylic acids is 1. The van der Waals surface area contributed by atoms with Gasteiger partial charge in [-0.05, 0) is 13.8 Å². The highest BCUT2D eigenvalue weighted by Gasteiger charge is 2.21. The Labute approximate surface area is 89.8 Å². The maximum absolute atomic E-state index is 11.3. The van der Waals surface area contributed by atoms with Gasteiger partial charge < -0.3 is 15.2 Å². The Morgan fingerprint density at radius 1 is 1.27 bits per heavy atom. The number of hydrogen-bond donors (Lipinski definition) is 2. The number of carbonyl (C=O) groups excluding carboxylic acids is 1. The Hall–Kier alpha value is -1.10. The van der Waals surface area contributed by atoms with Crippen LogP contribution >= 0.6 is 0 Å². The minimum absolute atomic E-state index is 0.00847. The molecule has 0 rings (SSSR count). The zero-order chi connectivity index (χ0) is 12.0. The molecule has 0 aliphatic heterocycles. The van der Waals surface area contributed by atoms with Gasteiger partial charge in [0.05, 0.1) is 12.7 Å². The van der Waals surface area contributed by atoms with Crippen molar-refractivity contribution in [1.82, 2.24) is 5.32 Å². The molecule has 0 aliphatic carbocycles. The average Bonchev–Trinajstić information content (AvgIpc) is 2.10. The highest BCUT2D eigenvalue weighted by molar-refractivity contribution is 5.84. The lowest BCUT2D eigenvalue weighted by atomic mass is 10.2. The summed E-state index contributed by atoms with van der Waals surface area (Å²) in [6.07, 6.45) is -0.0530. The van der Waals surface area contributed by atoms with Gasteiger partial charge in [-0.25, -0.2) is 4.79 Å². The van der Waals surface area contributed by atoms with Crippen LogP contribution in [0.1, 0.15) is 27.7 Å². The van der Waals surface area contributed by atoms with Gasteiger partial charge in [0.2, 0.25) is 5.91 Å². The minimum Gasteiger partial charge on any atom is -0.480 e. The molecule has 0 saturated heterocycles. The van der Waals surface area contributed by atoms with Crippen molar-refractivity contribution >= 4 is 11.9 Å². The molecule has 0 bridgehead atoms. The number of amides is 1. The molecule has 1 amide bonds. The highest BCUT2D eigenvalue weighted by Crippen LogP contribution is 1.96. The predicted molar refractivity (Wildman–Crippen MR) is 55.5 cm³/mol. The Kier molecular flexibility index (Phi) is 5.93. The summed E-state index contributed by atoms with van der Waals surface area (Å²) in [5, 5.41) is 11.2. The fourth-order valence-corrected chi connectivity index (χ4v) is 0.802.